The summed E-state index contributed by atoms with van der Waals surface area (Å²) in [5.74, 6) is -0.273. The highest BCUT2D eigenvalue weighted by Crippen LogP contribution is 2.32. The lowest BCUT2D eigenvalue weighted by atomic mass is 10.1. The largest absolute Gasteiger partial charge is 0.495 e. The summed E-state index contributed by atoms with van der Waals surface area (Å²) in [6, 6.07) is 6.97. The van der Waals surface area contributed by atoms with Crippen molar-refractivity contribution in [2.75, 3.05) is 18.2 Å². The van der Waals surface area contributed by atoms with Gasteiger partial charge in [0, 0.05) is 23.5 Å². The zero-order valence-corrected chi connectivity index (χ0v) is 19.3. The van der Waals surface area contributed by atoms with Gasteiger partial charge in [0.15, 0.2) is 9.84 Å². The van der Waals surface area contributed by atoms with Gasteiger partial charge in [-0.2, -0.15) is 0 Å². The number of ether oxygens (including phenoxy) is 1. The number of anilines is 2. The predicted molar refractivity (Wildman–Crippen MR) is 127 cm³/mol. The van der Waals surface area contributed by atoms with Crippen molar-refractivity contribution in [3.8, 4) is 5.75 Å². The Hall–Kier alpha value is -3.27. The molecule has 2 atom stereocenters. The fraction of sp³-hybridized carbons (Fsp3) is 0.348. The molecule has 1 saturated carbocycles. The number of methoxy groups -OCH3 is 1. The van der Waals surface area contributed by atoms with Gasteiger partial charge in [-0.25, -0.2) is 17.8 Å². The summed E-state index contributed by atoms with van der Waals surface area (Å²) >= 11 is 0. The summed E-state index contributed by atoms with van der Waals surface area (Å²) < 4.78 is 44.4. The molecule has 10 heteroatoms. The molecule has 1 aliphatic heterocycles. The second-order valence-corrected chi connectivity index (χ2v) is 10.4. The highest BCUT2D eigenvalue weighted by molar-refractivity contribution is 7.92. The van der Waals surface area contributed by atoms with E-state index in [2.05, 4.69) is 20.3 Å². The van der Waals surface area contributed by atoms with E-state index in [9.17, 15) is 12.8 Å². The molecule has 8 nitrogen and oxygen atoms in total. The zero-order chi connectivity index (χ0) is 23.6. The molecule has 33 heavy (non-hydrogen) atoms. The molecule has 3 heterocycles. The van der Waals surface area contributed by atoms with E-state index in [0.29, 0.717) is 28.2 Å². The highest BCUT2D eigenvalue weighted by atomic mass is 32.2. The second-order valence-electron chi connectivity index (χ2n) is 8.06. The van der Waals surface area contributed by atoms with Crippen LogP contribution < -0.4 is 15.8 Å². The molecule has 0 amide bonds. The van der Waals surface area contributed by atoms with Crippen molar-refractivity contribution in [3.05, 3.63) is 54.1 Å². The Morgan fingerprint density at radius 1 is 1.15 bits per heavy atom. The molecule has 1 fully saturated rings. The quantitative estimate of drug-likeness (QED) is 0.592. The fourth-order valence-corrected chi connectivity index (χ4v) is 4.70. The number of pyridine rings is 2. The van der Waals surface area contributed by atoms with Crippen LogP contribution in [0, 0.1) is 5.82 Å². The van der Waals surface area contributed by atoms with E-state index in [-0.39, 0.29) is 17.2 Å². The molecule has 5 rings (SSSR count). The van der Waals surface area contributed by atoms with Crippen molar-refractivity contribution >= 4 is 38.1 Å². The Morgan fingerprint density at radius 2 is 1.91 bits per heavy atom. The maximum atomic E-state index is 14.5. The third-order valence-corrected chi connectivity index (χ3v) is 7.53. The van der Waals surface area contributed by atoms with Crippen molar-refractivity contribution in [2.24, 2.45) is 10.7 Å². The van der Waals surface area contributed by atoms with Crippen LogP contribution >= 0.6 is 0 Å². The van der Waals surface area contributed by atoms with Crippen molar-refractivity contribution < 1.29 is 17.5 Å². The molecule has 1 aliphatic carbocycles. The standard InChI is InChI=1S/C20H20FN5O3S.C3H6/c1-11-20(22)26-18(10-30(11,27)28)14-7-12(3-4-15(14)21)25-16-5-6-23-17-8-13(29-2)9-24-19(16)17;1-2-3-1/h3-9,11,18H,10H2,1-2H3,(H2,22,26)(H,23,25);1-3H2. The molecular formula is C23H26FN5O3S. The number of benzene rings is 1. The Labute approximate surface area is 192 Å². The number of halogens is 1. The fourth-order valence-electron chi connectivity index (χ4n) is 3.29. The molecule has 3 aromatic rings. The summed E-state index contributed by atoms with van der Waals surface area (Å²) in [4.78, 5) is 12.9. The molecule has 2 aromatic heterocycles. The topological polar surface area (TPSA) is 120 Å². The normalized spacial score (nSPS) is 20.9. The first kappa shape index (κ1) is 22.9. The van der Waals surface area contributed by atoms with Crippen LogP contribution in [0.3, 0.4) is 0 Å². The van der Waals surface area contributed by atoms with Crippen LogP contribution in [0.1, 0.15) is 37.8 Å². The van der Waals surface area contributed by atoms with Gasteiger partial charge < -0.3 is 15.8 Å². The van der Waals surface area contributed by atoms with Crippen LogP contribution in [-0.2, 0) is 9.84 Å². The number of amidine groups is 1. The van der Waals surface area contributed by atoms with E-state index < -0.39 is 26.9 Å². The van der Waals surface area contributed by atoms with Crippen LogP contribution in [0.5, 0.6) is 5.75 Å². The minimum atomic E-state index is -3.50. The average Bonchev–Trinajstić information content (AvgIpc) is 3.68. The molecule has 0 spiro atoms. The Kier molecular flexibility index (Phi) is 6.46. The molecule has 1 aromatic carbocycles. The van der Waals surface area contributed by atoms with Crippen LogP contribution in [0.2, 0.25) is 0 Å². The van der Waals surface area contributed by atoms with Crippen LogP contribution in [0.4, 0.5) is 15.8 Å². The van der Waals surface area contributed by atoms with Crippen molar-refractivity contribution in [3.63, 3.8) is 0 Å². The van der Waals surface area contributed by atoms with Gasteiger partial charge in [-0.15, -0.1) is 0 Å². The van der Waals surface area contributed by atoms with Crippen molar-refractivity contribution in [1.82, 2.24) is 9.97 Å². The van der Waals surface area contributed by atoms with E-state index in [4.69, 9.17) is 10.5 Å². The Balaban J connectivity index is 0.000000799. The number of fused-ring (bicyclic) bond motifs is 1. The van der Waals surface area contributed by atoms with Gasteiger partial charge in [-0.3, -0.25) is 9.98 Å². The van der Waals surface area contributed by atoms with Crippen LogP contribution in [0.25, 0.3) is 11.0 Å². The Morgan fingerprint density at radius 3 is 2.58 bits per heavy atom. The summed E-state index contributed by atoms with van der Waals surface area (Å²) in [6.45, 7) is 1.48. The van der Waals surface area contributed by atoms with Gasteiger partial charge in [0.2, 0.25) is 0 Å². The first-order valence-electron chi connectivity index (χ1n) is 10.7. The third-order valence-electron chi connectivity index (χ3n) is 5.43. The molecule has 0 bridgehead atoms. The van der Waals surface area contributed by atoms with E-state index in [1.165, 1.54) is 38.3 Å². The summed E-state index contributed by atoms with van der Waals surface area (Å²) in [5.41, 5.74) is 8.40. The lowest BCUT2D eigenvalue weighted by Crippen LogP contribution is -2.40. The lowest BCUT2D eigenvalue weighted by Gasteiger charge is -2.24. The summed E-state index contributed by atoms with van der Waals surface area (Å²) in [5, 5.41) is 2.32. The predicted octanol–water partition coefficient (Wildman–Crippen LogP) is 3.91. The summed E-state index contributed by atoms with van der Waals surface area (Å²) in [6.07, 6.45) is 7.70. The number of nitrogens with one attached hydrogen (secondary N) is 1. The zero-order valence-electron chi connectivity index (χ0n) is 18.5. The number of nitrogens with zero attached hydrogens (tertiary/aromatic N) is 3. The van der Waals surface area contributed by atoms with Gasteiger partial charge in [0.05, 0.1) is 36.3 Å². The van der Waals surface area contributed by atoms with Gasteiger partial charge in [-0.1, -0.05) is 19.3 Å². The maximum absolute atomic E-state index is 14.5. The summed E-state index contributed by atoms with van der Waals surface area (Å²) in [7, 11) is -1.96. The first-order chi connectivity index (χ1) is 15.8. The number of aliphatic imine (C=N–C) groups is 1. The Bertz CT molecular complexity index is 1310. The second kappa shape index (κ2) is 9.30. The van der Waals surface area contributed by atoms with E-state index >= 15 is 0 Å². The van der Waals surface area contributed by atoms with E-state index in [1.54, 1.807) is 37.7 Å². The molecule has 2 unspecified atom stereocenters. The van der Waals surface area contributed by atoms with E-state index in [1.807, 2.05) is 0 Å². The van der Waals surface area contributed by atoms with Crippen molar-refractivity contribution in [1.29, 1.82) is 0 Å². The average molecular weight is 472 g/mol. The molecule has 0 radical (unpaired) electrons. The molecule has 174 valence electrons. The first-order valence-corrected chi connectivity index (χ1v) is 12.4. The molecular weight excluding hydrogens is 445 g/mol. The van der Waals surface area contributed by atoms with Gasteiger partial charge >= 0.3 is 0 Å². The molecule has 3 N–H and O–H groups in total. The number of nitrogens with two attached hydrogens (primary N) is 1. The highest BCUT2D eigenvalue weighted by Gasteiger charge is 2.34. The van der Waals surface area contributed by atoms with E-state index in [0.717, 1.165) is 0 Å². The number of sulfone groups is 1. The van der Waals surface area contributed by atoms with Gasteiger partial charge in [0.25, 0.3) is 0 Å². The van der Waals surface area contributed by atoms with Gasteiger partial charge in [0.1, 0.15) is 28.2 Å². The molecule has 2 aliphatic rings. The SMILES string of the molecule is C1CC1.COc1cnc2c(Nc3ccc(F)c(C4CS(=O)(=O)C(C)C(N)=N4)c3)ccnc2c1. The third kappa shape index (κ3) is 5.22. The van der Waals surface area contributed by atoms with Crippen molar-refractivity contribution in [2.45, 2.75) is 37.5 Å². The number of hydrogen-bond acceptors (Lipinski definition) is 8. The maximum Gasteiger partial charge on any atom is 0.162 e. The number of aromatic nitrogens is 2. The number of rotatable bonds is 4. The smallest absolute Gasteiger partial charge is 0.162 e. The lowest BCUT2D eigenvalue weighted by molar-refractivity contribution is 0.413. The van der Waals surface area contributed by atoms with Gasteiger partial charge in [-0.05, 0) is 31.2 Å². The number of hydrogen-bond donors (Lipinski definition) is 2. The van der Waals surface area contributed by atoms with Crippen LogP contribution in [-0.4, -0.2) is 42.3 Å². The minimum Gasteiger partial charge on any atom is -0.495 e. The monoisotopic (exact) mass is 471 g/mol. The van der Waals surface area contributed by atoms with Crippen LogP contribution in [0.15, 0.2) is 47.7 Å². The minimum absolute atomic E-state index is 0.0118. The molecule has 0 saturated heterocycles.